The Balaban J connectivity index is 1.47. The molecule has 1 fully saturated rings. The lowest BCUT2D eigenvalue weighted by Gasteiger charge is -2.28. The average Bonchev–Trinajstić information content (AvgIpc) is 3.30. The molecule has 4 aromatic rings. The van der Waals surface area contributed by atoms with Gasteiger partial charge in [-0.3, -0.25) is 9.59 Å². The van der Waals surface area contributed by atoms with Gasteiger partial charge in [0.25, 0.3) is 11.7 Å². The fourth-order valence-corrected chi connectivity index (χ4v) is 5.42. The number of para-hydroxylation sites is 1. The van der Waals surface area contributed by atoms with Crippen molar-refractivity contribution in [2.75, 3.05) is 26.2 Å². The predicted octanol–water partition coefficient (Wildman–Crippen LogP) is 7.13. The third-order valence-corrected chi connectivity index (χ3v) is 8.03. The number of likely N-dealkylation sites (tertiary alicyclic amines) is 1. The number of aliphatic hydroxyl groups is 1. The monoisotopic (exact) mass is 590 g/mol. The van der Waals surface area contributed by atoms with Crippen LogP contribution in [0.15, 0.2) is 109 Å². The van der Waals surface area contributed by atoms with Crippen LogP contribution in [-0.4, -0.2) is 52.8 Å². The Morgan fingerprint density at radius 2 is 1.50 bits per heavy atom. The second-order valence-electron chi connectivity index (χ2n) is 10.7. The molecular weight excluding hydrogens is 552 g/mol. The highest BCUT2D eigenvalue weighted by Gasteiger charge is 2.46. The van der Waals surface area contributed by atoms with Crippen LogP contribution in [0.2, 0.25) is 0 Å². The highest BCUT2D eigenvalue weighted by atomic mass is 16.5. The van der Waals surface area contributed by atoms with E-state index in [2.05, 4.69) is 18.7 Å². The Kier molecular flexibility index (Phi) is 9.77. The second kappa shape index (κ2) is 14.1. The molecule has 1 unspecified atom stereocenters. The van der Waals surface area contributed by atoms with Crippen LogP contribution in [0.3, 0.4) is 0 Å². The molecule has 44 heavy (non-hydrogen) atoms. The summed E-state index contributed by atoms with van der Waals surface area (Å²) in [5, 5.41) is 11.6. The molecule has 7 heteroatoms. The third kappa shape index (κ3) is 6.84. The molecule has 0 aromatic heterocycles. The third-order valence-electron chi connectivity index (χ3n) is 8.03. The maximum absolute atomic E-state index is 13.6. The van der Waals surface area contributed by atoms with Crippen molar-refractivity contribution < 1.29 is 24.2 Å². The quantitative estimate of drug-likeness (QED) is 0.107. The van der Waals surface area contributed by atoms with Gasteiger partial charge in [-0.25, -0.2) is 0 Å². The number of carbonyl (C=O) groups is 2. The lowest BCUT2D eigenvalue weighted by molar-refractivity contribution is -0.140. The number of amides is 1. The zero-order valence-corrected chi connectivity index (χ0v) is 25.4. The normalized spacial score (nSPS) is 16.0. The molecule has 1 aliphatic heterocycles. The largest absolute Gasteiger partial charge is 0.507 e. The Labute approximate surface area is 259 Å². The number of aliphatic hydroxyl groups excluding tert-OH is 1. The minimum atomic E-state index is -0.776. The summed E-state index contributed by atoms with van der Waals surface area (Å²) >= 11 is 0. The van der Waals surface area contributed by atoms with Gasteiger partial charge in [0.05, 0.1) is 11.6 Å². The van der Waals surface area contributed by atoms with Gasteiger partial charge >= 0.3 is 0 Å². The van der Waals surface area contributed by atoms with Crippen LogP contribution < -0.4 is 9.47 Å². The lowest BCUT2D eigenvalue weighted by Crippen LogP contribution is -2.38. The summed E-state index contributed by atoms with van der Waals surface area (Å²) in [6, 6.07) is 30.9. The lowest BCUT2D eigenvalue weighted by atomic mass is 9.95. The fourth-order valence-electron chi connectivity index (χ4n) is 5.42. The van der Waals surface area contributed by atoms with Crippen LogP contribution >= 0.6 is 0 Å². The number of nitrogens with zero attached hydrogens (tertiary/aromatic N) is 2. The predicted molar refractivity (Wildman–Crippen MR) is 172 cm³/mol. The van der Waals surface area contributed by atoms with E-state index in [0.717, 1.165) is 24.2 Å². The zero-order valence-electron chi connectivity index (χ0n) is 25.4. The SMILES string of the molecule is CCN(CC)CCN1C(=O)C(=O)/C(=C(/O)c2ccc(OCc3ccccc3C)cc2)C1c1cccc(Oc2ccccc2)c1. The summed E-state index contributed by atoms with van der Waals surface area (Å²) in [5.74, 6) is 0.311. The molecule has 0 radical (unpaired) electrons. The van der Waals surface area contributed by atoms with Crippen LogP contribution in [0, 0.1) is 6.92 Å². The van der Waals surface area contributed by atoms with Crippen molar-refractivity contribution in [1.82, 2.24) is 9.80 Å². The van der Waals surface area contributed by atoms with Crippen LogP contribution in [0.25, 0.3) is 5.76 Å². The minimum absolute atomic E-state index is 0.0555. The Morgan fingerprint density at radius 3 is 2.20 bits per heavy atom. The van der Waals surface area contributed by atoms with Gasteiger partial charge in [-0.2, -0.15) is 0 Å². The van der Waals surface area contributed by atoms with Gasteiger partial charge in [0.2, 0.25) is 0 Å². The summed E-state index contributed by atoms with van der Waals surface area (Å²) < 4.78 is 12.0. The van der Waals surface area contributed by atoms with Gasteiger partial charge in [-0.05, 0) is 85.2 Å². The minimum Gasteiger partial charge on any atom is -0.507 e. The first-order valence-electron chi connectivity index (χ1n) is 15.0. The zero-order chi connectivity index (χ0) is 31.1. The maximum Gasteiger partial charge on any atom is 0.295 e. The number of hydrogen-bond acceptors (Lipinski definition) is 6. The van der Waals surface area contributed by atoms with E-state index in [0.29, 0.717) is 48.1 Å². The van der Waals surface area contributed by atoms with Gasteiger partial charge in [0, 0.05) is 18.7 Å². The number of benzene rings is 4. The number of carbonyl (C=O) groups excluding carboxylic acids is 2. The first kappa shape index (κ1) is 30.6. The van der Waals surface area contributed by atoms with Crippen molar-refractivity contribution in [3.63, 3.8) is 0 Å². The van der Waals surface area contributed by atoms with Crippen LogP contribution in [0.4, 0.5) is 0 Å². The standard InChI is InChI=1S/C37H38N2O5/c1-4-38(5-2)22-23-39-34(28-14-11-17-32(24-28)44-31-15-7-6-8-16-31)33(36(41)37(39)42)35(40)27-18-20-30(21-19-27)43-25-29-13-10-9-12-26(29)3/h6-21,24,34,40H,4-5,22-23,25H2,1-3H3/b35-33+. The van der Waals surface area contributed by atoms with Crippen molar-refractivity contribution in [3.05, 3.63) is 131 Å². The van der Waals surface area contributed by atoms with Crippen molar-refractivity contribution in [2.45, 2.75) is 33.4 Å². The molecule has 1 heterocycles. The second-order valence-corrected chi connectivity index (χ2v) is 10.7. The summed E-state index contributed by atoms with van der Waals surface area (Å²) in [6.07, 6.45) is 0. The Hall–Kier alpha value is -4.88. The number of aryl methyl sites for hydroxylation is 1. The molecule has 0 spiro atoms. The van der Waals surface area contributed by atoms with E-state index in [1.165, 1.54) is 0 Å². The topological polar surface area (TPSA) is 79.3 Å². The summed E-state index contributed by atoms with van der Waals surface area (Å²) in [5.41, 5.74) is 3.39. The van der Waals surface area contributed by atoms with E-state index in [-0.39, 0.29) is 11.3 Å². The van der Waals surface area contributed by atoms with Gasteiger partial charge in [-0.15, -0.1) is 0 Å². The maximum atomic E-state index is 13.6. The van der Waals surface area contributed by atoms with Gasteiger partial charge in [0.1, 0.15) is 29.6 Å². The molecule has 4 aromatic carbocycles. The molecule has 1 aliphatic rings. The smallest absolute Gasteiger partial charge is 0.295 e. The van der Waals surface area contributed by atoms with E-state index in [1.54, 1.807) is 29.2 Å². The van der Waals surface area contributed by atoms with Gasteiger partial charge < -0.3 is 24.4 Å². The highest BCUT2D eigenvalue weighted by Crippen LogP contribution is 2.40. The van der Waals surface area contributed by atoms with Crippen molar-refractivity contribution in [3.8, 4) is 17.2 Å². The Morgan fingerprint density at radius 1 is 0.818 bits per heavy atom. The number of Topliss-reactive ketones (excluding diaryl/α,β-unsaturated/α-hetero) is 1. The molecule has 0 aliphatic carbocycles. The van der Waals surface area contributed by atoms with Crippen molar-refractivity contribution in [1.29, 1.82) is 0 Å². The molecular formula is C37H38N2O5. The molecule has 1 N–H and O–H groups in total. The summed E-state index contributed by atoms with van der Waals surface area (Å²) in [6.45, 7) is 9.16. The van der Waals surface area contributed by atoms with Gasteiger partial charge in [0.15, 0.2) is 0 Å². The van der Waals surface area contributed by atoms with E-state index >= 15 is 0 Å². The van der Waals surface area contributed by atoms with Gasteiger partial charge in [-0.1, -0.05) is 68.4 Å². The number of rotatable bonds is 12. The molecule has 1 amide bonds. The summed E-state index contributed by atoms with van der Waals surface area (Å²) in [4.78, 5) is 30.8. The molecule has 1 saturated heterocycles. The van der Waals surface area contributed by atoms with Crippen LogP contribution in [-0.2, 0) is 16.2 Å². The molecule has 0 bridgehead atoms. The van der Waals surface area contributed by atoms with E-state index < -0.39 is 17.7 Å². The van der Waals surface area contributed by atoms with E-state index in [1.807, 2.05) is 85.8 Å². The highest BCUT2D eigenvalue weighted by molar-refractivity contribution is 6.46. The summed E-state index contributed by atoms with van der Waals surface area (Å²) in [7, 11) is 0. The first-order valence-corrected chi connectivity index (χ1v) is 15.0. The Bertz CT molecular complexity index is 1630. The molecule has 7 nitrogen and oxygen atoms in total. The fraction of sp³-hybridized carbons (Fsp3) is 0.243. The molecule has 5 rings (SSSR count). The number of hydrogen-bond donors (Lipinski definition) is 1. The number of ketones is 1. The van der Waals surface area contributed by atoms with E-state index in [4.69, 9.17) is 9.47 Å². The van der Waals surface area contributed by atoms with Crippen LogP contribution in [0.1, 0.15) is 42.1 Å². The molecule has 0 saturated carbocycles. The first-order chi connectivity index (χ1) is 21.4. The van der Waals surface area contributed by atoms with E-state index in [9.17, 15) is 14.7 Å². The number of likely N-dealkylation sites (N-methyl/N-ethyl adjacent to an activating group) is 1. The molecule has 1 atom stereocenters. The van der Waals surface area contributed by atoms with Crippen LogP contribution in [0.5, 0.6) is 17.2 Å². The van der Waals surface area contributed by atoms with Crippen molar-refractivity contribution >= 4 is 17.4 Å². The molecule has 226 valence electrons. The average molecular weight is 591 g/mol. The number of ether oxygens (including phenoxy) is 2. The van der Waals surface area contributed by atoms with Crippen molar-refractivity contribution in [2.24, 2.45) is 0 Å².